The summed E-state index contributed by atoms with van der Waals surface area (Å²) in [7, 11) is 1.71. The van der Waals surface area contributed by atoms with Crippen LogP contribution in [0.25, 0.3) is 0 Å². The van der Waals surface area contributed by atoms with E-state index in [9.17, 15) is 0 Å². The Morgan fingerprint density at radius 3 is 2.67 bits per heavy atom. The van der Waals surface area contributed by atoms with Gasteiger partial charge in [0.15, 0.2) is 5.96 Å². The van der Waals surface area contributed by atoms with Gasteiger partial charge < -0.3 is 25.0 Å². The Kier molecular flexibility index (Phi) is 10.6. The zero-order valence-corrected chi connectivity index (χ0v) is 20.2. The van der Waals surface area contributed by atoms with Crippen LogP contribution in [0.4, 0.5) is 5.69 Å². The molecule has 3 rings (SSSR count). The lowest BCUT2D eigenvalue weighted by Crippen LogP contribution is -2.39. The second kappa shape index (κ2) is 13.2. The minimum Gasteiger partial charge on any atom is -0.497 e. The lowest BCUT2D eigenvalue weighted by molar-refractivity contribution is 0.322. The summed E-state index contributed by atoms with van der Waals surface area (Å²) in [6.45, 7) is 7.12. The van der Waals surface area contributed by atoms with Crippen LogP contribution in [0.5, 0.6) is 11.5 Å². The van der Waals surface area contributed by atoms with Crippen molar-refractivity contribution in [2.75, 3.05) is 51.3 Å². The Morgan fingerprint density at radius 1 is 1.10 bits per heavy atom. The van der Waals surface area contributed by atoms with Gasteiger partial charge in [0.1, 0.15) is 18.1 Å². The highest BCUT2D eigenvalue weighted by molar-refractivity contribution is 14.0. The zero-order chi connectivity index (χ0) is 20.3. The third-order valence-electron chi connectivity index (χ3n) is 4.96. The molecule has 2 aromatic carbocycles. The minimum atomic E-state index is 0. The van der Waals surface area contributed by atoms with Gasteiger partial charge in [-0.05, 0) is 43.5 Å². The van der Waals surface area contributed by atoms with Gasteiger partial charge in [-0.15, -0.1) is 24.0 Å². The van der Waals surface area contributed by atoms with E-state index in [-0.39, 0.29) is 24.0 Å². The highest BCUT2D eigenvalue weighted by Gasteiger charge is 2.22. The summed E-state index contributed by atoms with van der Waals surface area (Å²) in [5, 5.41) is 6.67. The lowest BCUT2D eigenvalue weighted by Gasteiger charge is -2.19. The number of halogens is 1. The molecule has 0 spiro atoms. The predicted molar refractivity (Wildman–Crippen MR) is 135 cm³/mol. The van der Waals surface area contributed by atoms with Gasteiger partial charge in [-0.1, -0.05) is 24.3 Å². The molecule has 2 N–H and O–H groups in total. The molecule has 1 aliphatic rings. The maximum absolute atomic E-state index is 5.73. The molecule has 1 fully saturated rings. The number of para-hydroxylation sites is 1. The van der Waals surface area contributed by atoms with Crippen LogP contribution >= 0.6 is 24.0 Å². The maximum Gasteiger partial charge on any atom is 0.191 e. The van der Waals surface area contributed by atoms with Crippen molar-refractivity contribution in [3.8, 4) is 11.5 Å². The van der Waals surface area contributed by atoms with Crippen molar-refractivity contribution in [1.82, 2.24) is 10.6 Å². The van der Waals surface area contributed by atoms with Gasteiger partial charge in [-0.2, -0.15) is 0 Å². The van der Waals surface area contributed by atoms with Crippen molar-refractivity contribution < 1.29 is 9.47 Å². The molecule has 164 valence electrons. The Bertz CT molecular complexity index is 773. The molecule has 0 radical (unpaired) electrons. The van der Waals surface area contributed by atoms with Gasteiger partial charge in [-0.25, -0.2) is 0 Å². The van der Waals surface area contributed by atoms with Crippen molar-refractivity contribution in [2.45, 2.75) is 13.3 Å². The number of anilines is 1. The van der Waals surface area contributed by atoms with Crippen LogP contribution in [0.2, 0.25) is 0 Å². The van der Waals surface area contributed by atoms with Crippen LogP contribution in [-0.2, 0) is 0 Å². The number of nitrogens with one attached hydrogen (secondary N) is 2. The van der Waals surface area contributed by atoms with Gasteiger partial charge in [-0.3, -0.25) is 4.99 Å². The van der Waals surface area contributed by atoms with Crippen molar-refractivity contribution in [2.24, 2.45) is 10.9 Å². The predicted octanol–water partition coefficient (Wildman–Crippen LogP) is 3.77. The van der Waals surface area contributed by atoms with E-state index in [1.54, 1.807) is 7.11 Å². The zero-order valence-electron chi connectivity index (χ0n) is 17.8. The molecule has 1 unspecified atom stereocenters. The quantitative estimate of drug-likeness (QED) is 0.227. The van der Waals surface area contributed by atoms with Crippen LogP contribution in [0.3, 0.4) is 0 Å². The first-order chi connectivity index (χ1) is 14.3. The van der Waals surface area contributed by atoms with Gasteiger partial charge in [0.2, 0.25) is 0 Å². The van der Waals surface area contributed by atoms with Gasteiger partial charge in [0.25, 0.3) is 0 Å². The fraction of sp³-hybridized carbons (Fsp3) is 0.435. The van der Waals surface area contributed by atoms with Gasteiger partial charge in [0.05, 0.1) is 13.7 Å². The SMILES string of the molecule is CCNC(=NCC1CCN(c2cccc(OC)c2)C1)NCCOc1ccccc1.I. The topological polar surface area (TPSA) is 58.1 Å². The molecule has 0 aromatic heterocycles. The second-order valence-electron chi connectivity index (χ2n) is 7.11. The number of hydrogen-bond donors (Lipinski definition) is 2. The summed E-state index contributed by atoms with van der Waals surface area (Å²) < 4.78 is 11.1. The van der Waals surface area contributed by atoms with Gasteiger partial charge >= 0.3 is 0 Å². The summed E-state index contributed by atoms with van der Waals surface area (Å²) in [4.78, 5) is 7.20. The van der Waals surface area contributed by atoms with E-state index in [0.717, 1.165) is 50.1 Å². The Balaban J connectivity index is 0.00000320. The van der Waals surface area contributed by atoms with E-state index in [1.165, 1.54) is 5.69 Å². The highest BCUT2D eigenvalue weighted by Crippen LogP contribution is 2.26. The van der Waals surface area contributed by atoms with Gasteiger partial charge in [0, 0.05) is 37.9 Å². The average molecular weight is 524 g/mol. The summed E-state index contributed by atoms with van der Waals surface area (Å²) >= 11 is 0. The molecular formula is C23H33IN4O2. The monoisotopic (exact) mass is 524 g/mol. The number of rotatable bonds is 9. The molecule has 6 nitrogen and oxygen atoms in total. The number of guanidine groups is 1. The second-order valence-corrected chi connectivity index (χ2v) is 7.11. The third-order valence-corrected chi connectivity index (χ3v) is 4.96. The lowest BCUT2D eigenvalue weighted by atomic mass is 10.1. The standard InChI is InChI=1S/C23H32N4O2.HI/c1-3-24-23(25-13-15-29-21-9-5-4-6-10-21)26-17-19-12-14-27(18-19)20-8-7-11-22(16-20)28-2;/h4-11,16,19H,3,12-15,17-18H2,1-2H3,(H2,24,25,26);1H. The van der Waals surface area contributed by atoms with E-state index in [4.69, 9.17) is 14.5 Å². The van der Waals surface area contributed by atoms with Crippen molar-refractivity contribution in [3.63, 3.8) is 0 Å². The third kappa shape index (κ3) is 7.59. The number of methoxy groups -OCH3 is 1. The molecular weight excluding hydrogens is 491 g/mol. The van der Waals surface area contributed by atoms with E-state index in [2.05, 4.69) is 34.6 Å². The molecule has 1 atom stereocenters. The van der Waals surface area contributed by atoms with E-state index < -0.39 is 0 Å². The molecule has 2 aromatic rings. The van der Waals surface area contributed by atoms with E-state index in [1.807, 2.05) is 42.5 Å². The van der Waals surface area contributed by atoms with Crippen LogP contribution in [-0.4, -0.2) is 52.4 Å². The largest absolute Gasteiger partial charge is 0.497 e. The Morgan fingerprint density at radius 2 is 1.90 bits per heavy atom. The summed E-state index contributed by atoms with van der Waals surface area (Å²) in [5.41, 5.74) is 1.22. The number of ether oxygens (including phenoxy) is 2. The van der Waals surface area contributed by atoms with Crippen LogP contribution in [0.1, 0.15) is 13.3 Å². The molecule has 30 heavy (non-hydrogen) atoms. The van der Waals surface area contributed by atoms with Crippen molar-refractivity contribution in [3.05, 3.63) is 54.6 Å². The molecule has 0 bridgehead atoms. The number of benzene rings is 2. The van der Waals surface area contributed by atoms with Crippen LogP contribution < -0.4 is 25.0 Å². The minimum absolute atomic E-state index is 0. The Labute approximate surface area is 197 Å². The number of hydrogen-bond acceptors (Lipinski definition) is 4. The van der Waals surface area contributed by atoms with E-state index >= 15 is 0 Å². The molecule has 1 saturated heterocycles. The number of aliphatic imine (C=N–C) groups is 1. The first kappa shape index (κ1) is 24.1. The normalized spacial score (nSPS) is 16.0. The summed E-state index contributed by atoms with van der Waals surface area (Å²) in [5.74, 6) is 3.20. The fourth-order valence-corrected chi connectivity index (χ4v) is 3.44. The molecule has 1 aliphatic heterocycles. The average Bonchev–Trinajstić information content (AvgIpc) is 3.25. The molecule has 0 amide bonds. The molecule has 0 saturated carbocycles. The van der Waals surface area contributed by atoms with Crippen molar-refractivity contribution >= 4 is 35.6 Å². The molecule has 1 heterocycles. The number of nitrogens with zero attached hydrogens (tertiary/aromatic N) is 2. The smallest absolute Gasteiger partial charge is 0.191 e. The Hall–Kier alpha value is -2.16. The fourth-order valence-electron chi connectivity index (χ4n) is 3.44. The van der Waals surface area contributed by atoms with Crippen LogP contribution in [0.15, 0.2) is 59.6 Å². The molecule has 7 heteroatoms. The maximum atomic E-state index is 5.73. The molecule has 0 aliphatic carbocycles. The first-order valence-corrected chi connectivity index (χ1v) is 10.4. The van der Waals surface area contributed by atoms with E-state index in [0.29, 0.717) is 19.1 Å². The highest BCUT2D eigenvalue weighted by atomic mass is 127. The van der Waals surface area contributed by atoms with Crippen LogP contribution in [0, 0.1) is 5.92 Å². The first-order valence-electron chi connectivity index (χ1n) is 10.4. The van der Waals surface area contributed by atoms with Crippen molar-refractivity contribution in [1.29, 1.82) is 0 Å². The summed E-state index contributed by atoms with van der Waals surface area (Å²) in [6.07, 6.45) is 1.15. The summed E-state index contributed by atoms with van der Waals surface area (Å²) in [6, 6.07) is 18.1.